The molecule has 0 aliphatic carbocycles. The fourth-order valence-electron chi connectivity index (χ4n) is 1.59. The maximum Gasteiger partial charge on any atom is 0.349 e. The van der Waals surface area contributed by atoms with Crippen LogP contribution in [0.5, 0.6) is 11.5 Å². The Morgan fingerprint density at radius 3 is 2.64 bits per heavy atom. The Morgan fingerprint density at radius 1 is 1.18 bits per heavy atom. The molecule has 0 aliphatic rings. The Morgan fingerprint density at radius 2 is 1.95 bits per heavy atom. The molecule has 1 amide bonds. The highest BCUT2D eigenvalue weighted by Gasteiger charge is 2.10. The molecule has 0 saturated carbocycles. The maximum absolute atomic E-state index is 11.7. The van der Waals surface area contributed by atoms with Crippen molar-refractivity contribution in [2.45, 2.75) is 0 Å². The average molecular weight is 385 g/mol. The van der Waals surface area contributed by atoms with Gasteiger partial charge in [0.2, 0.25) is 5.91 Å². The third-order valence-electron chi connectivity index (χ3n) is 2.59. The molecule has 0 bridgehead atoms. The van der Waals surface area contributed by atoms with E-state index in [2.05, 4.69) is 15.9 Å². The second-order valence-corrected chi connectivity index (χ2v) is 5.52. The van der Waals surface area contributed by atoms with Gasteiger partial charge in [0.1, 0.15) is 11.5 Å². The summed E-state index contributed by atoms with van der Waals surface area (Å²) in [5, 5.41) is 0.520. The molecule has 0 unspecified atom stereocenters. The van der Waals surface area contributed by atoms with Crippen molar-refractivity contribution in [1.29, 1.82) is 0 Å². The van der Waals surface area contributed by atoms with Gasteiger partial charge in [-0.2, -0.15) is 0 Å². The molecule has 0 aliphatic heterocycles. The van der Waals surface area contributed by atoms with Gasteiger partial charge in [-0.1, -0.05) is 17.7 Å². The average Bonchev–Trinajstić information content (AvgIpc) is 2.48. The molecule has 0 aromatic heterocycles. The lowest BCUT2D eigenvalue weighted by Crippen LogP contribution is -2.18. The Balaban J connectivity index is 1.95. The van der Waals surface area contributed by atoms with Crippen molar-refractivity contribution in [3.05, 3.63) is 57.5 Å². The predicted octanol–water partition coefficient (Wildman–Crippen LogP) is 3.19. The summed E-state index contributed by atoms with van der Waals surface area (Å²) < 4.78 is 11.0. The summed E-state index contributed by atoms with van der Waals surface area (Å²) in [6.45, 7) is -0.308. The smallest absolute Gasteiger partial charge is 0.349 e. The van der Waals surface area contributed by atoms with E-state index in [4.69, 9.17) is 26.8 Å². The van der Waals surface area contributed by atoms with Crippen molar-refractivity contribution in [3.63, 3.8) is 0 Å². The quantitative estimate of drug-likeness (QED) is 0.634. The lowest BCUT2D eigenvalue weighted by atomic mass is 10.2. The number of nitrogens with two attached hydrogens (primary N) is 1. The number of esters is 1. The second-order valence-electron chi connectivity index (χ2n) is 4.23. The predicted molar refractivity (Wildman–Crippen MR) is 85.2 cm³/mol. The van der Waals surface area contributed by atoms with Gasteiger partial charge in [-0.15, -0.1) is 0 Å². The molecule has 2 N–H and O–H groups in total. The molecule has 0 atom stereocenters. The lowest BCUT2D eigenvalue weighted by Gasteiger charge is -2.08. The summed E-state index contributed by atoms with van der Waals surface area (Å²) in [7, 11) is 0. The van der Waals surface area contributed by atoms with Crippen LogP contribution in [-0.2, 0) is 4.79 Å². The number of hydrogen-bond acceptors (Lipinski definition) is 4. The summed E-state index contributed by atoms with van der Waals surface area (Å²) in [6.07, 6.45) is 0. The molecule has 5 nitrogen and oxygen atoms in total. The third-order valence-corrected chi connectivity index (χ3v) is 3.45. The summed E-state index contributed by atoms with van der Waals surface area (Å²) in [6, 6.07) is 11.0. The van der Waals surface area contributed by atoms with Crippen LogP contribution in [0.15, 0.2) is 46.9 Å². The fourth-order valence-corrected chi connectivity index (χ4v) is 2.36. The van der Waals surface area contributed by atoms with Crippen molar-refractivity contribution < 1.29 is 19.1 Å². The largest absolute Gasteiger partial charge is 0.482 e. The first-order valence-electron chi connectivity index (χ1n) is 6.14. The zero-order valence-electron chi connectivity index (χ0n) is 11.2. The summed E-state index contributed by atoms with van der Waals surface area (Å²) in [5.41, 5.74) is 5.47. The van der Waals surface area contributed by atoms with Gasteiger partial charge in [0.05, 0.1) is 4.47 Å². The van der Waals surface area contributed by atoms with Crippen LogP contribution in [0.25, 0.3) is 0 Å². The first-order chi connectivity index (χ1) is 10.5. The van der Waals surface area contributed by atoms with Gasteiger partial charge in [-0.05, 0) is 52.3 Å². The SMILES string of the molecule is NC(=O)c1cccc(OCC(=O)Oc2ccc(Cl)cc2Br)c1. The van der Waals surface area contributed by atoms with Gasteiger partial charge >= 0.3 is 5.97 Å². The number of halogens is 2. The maximum atomic E-state index is 11.7. The van der Waals surface area contributed by atoms with Gasteiger partial charge < -0.3 is 15.2 Å². The number of amides is 1. The number of primary amides is 1. The van der Waals surface area contributed by atoms with E-state index < -0.39 is 11.9 Å². The highest BCUT2D eigenvalue weighted by atomic mass is 79.9. The van der Waals surface area contributed by atoms with Crippen LogP contribution in [0, 0.1) is 0 Å². The van der Waals surface area contributed by atoms with Crippen LogP contribution >= 0.6 is 27.5 Å². The highest BCUT2D eigenvalue weighted by molar-refractivity contribution is 9.10. The molecule has 0 heterocycles. The van der Waals surface area contributed by atoms with E-state index in [1.165, 1.54) is 6.07 Å². The highest BCUT2D eigenvalue weighted by Crippen LogP contribution is 2.28. The Hall–Kier alpha value is -2.05. The number of carbonyl (C=O) groups is 2. The zero-order chi connectivity index (χ0) is 16.1. The van der Waals surface area contributed by atoms with Crippen molar-refractivity contribution in [2.24, 2.45) is 5.73 Å². The Labute approximate surface area is 140 Å². The van der Waals surface area contributed by atoms with E-state index in [0.29, 0.717) is 26.6 Å². The second kappa shape index (κ2) is 7.29. The molecule has 2 aromatic carbocycles. The van der Waals surface area contributed by atoms with E-state index in [9.17, 15) is 9.59 Å². The summed E-state index contributed by atoms with van der Waals surface area (Å²) >= 11 is 9.05. The van der Waals surface area contributed by atoms with Crippen LogP contribution in [-0.4, -0.2) is 18.5 Å². The minimum absolute atomic E-state index is 0.298. The lowest BCUT2D eigenvalue weighted by molar-refractivity contribution is -0.136. The molecule has 2 rings (SSSR count). The number of rotatable bonds is 5. The topological polar surface area (TPSA) is 78.6 Å². The fraction of sp³-hybridized carbons (Fsp3) is 0.0667. The van der Waals surface area contributed by atoms with Gasteiger partial charge in [0.25, 0.3) is 0 Å². The molecule has 0 spiro atoms. The molecule has 0 radical (unpaired) electrons. The first kappa shape index (κ1) is 16.3. The van der Waals surface area contributed by atoms with Crippen molar-refractivity contribution in [1.82, 2.24) is 0 Å². The molecular formula is C15H11BrClNO4. The number of benzene rings is 2. The van der Waals surface area contributed by atoms with Crippen LogP contribution in [0.3, 0.4) is 0 Å². The van der Waals surface area contributed by atoms with E-state index in [1.807, 2.05) is 0 Å². The number of ether oxygens (including phenoxy) is 2. The van der Waals surface area contributed by atoms with E-state index in [1.54, 1.807) is 36.4 Å². The van der Waals surface area contributed by atoms with Gasteiger partial charge in [0.15, 0.2) is 6.61 Å². The van der Waals surface area contributed by atoms with Crippen LogP contribution in [0.1, 0.15) is 10.4 Å². The Bertz CT molecular complexity index is 720. The van der Waals surface area contributed by atoms with Crippen LogP contribution in [0.2, 0.25) is 5.02 Å². The zero-order valence-corrected chi connectivity index (χ0v) is 13.6. The number of hydrogen-bond donors (Lipinski definition) is 1. The van der Waals surface area contributed by atoms with Crippen molar-refractivity contribution in [3.8, 4) is 11.5 Å². The normalized spacial score (nSPS) is 10.1. The van der Waals surface area contributed by atoms with Gasteiger partial charge in [-0.25, -0.2) is 4.79 Å². The van der Waals surface area contributed by atoms with Crippen LogP contribution in [0.4, 0.5) is 0 Å². The van der Waals surface area contributed by atoms with Crippen molar-refractivity contribution in [2.75, 3.05) is 6.61 Å². The minimum atomic E-state index is -0.590. The molecule has 0 saturated heterocycles. The van der Waals surface area contributed by atoms with E-state index in [-0.39, 0.29) is 6.61 Å². The van der Waals surface area contributed by atoms with Gasteiger partial charge in [-0.3, -0.25) is 4.79 Å². The third kappa shape index (κ3) is 4.47. The molecule has 114 valence electrons. The van der Waals surface area contributed by atoms with Crippen molar-refractivity contribution >= 4 is 39.4 Å². The Kier molecular flexibility index (Phi) is 5.41. The summed E-state index contributed by atoms with van der Waals surface area (Å²) in [5.74, 6) is -0.474. The van der Waals surface area contributed by atoms with E-state index in [0.717, 1.165) is 0 Å². The molecule has 2 aromatic rings. The molecule has 22 heavy (non-hydrogen) atoms. The minimum Gasteiger partial charge on any atom is -0.482 e. The summed E-state index contributed by atoms with van der Waals surface area (Å²) in [4.78, 5) is 22.8. The molecule has 7 heteroatoms. The van der Waals surface area contributed by atoms with E-state index >= 15 is 0 Å². The van der Waals surface area contributed by atoms with Crippen LogP contribution < -0.4 is 15.2 Å². The van der Waals surface area contributed by atoms with Gasteiger partial charge in [0, 0.05) is 10.6 Å². The molecule has 0 fully saturated rings. The standard InChI is InChI=1S/C15H11BrClNO4/c16-12-7-10(17)4-5-13(12)22-14(19)8-21-11-3-1-2-9(6-11)15(18)20/h1-7H,8H2,(H2,18,20). The first-order valence-corrected chi connectivity index (χ1v) is 7.31. The molecular weight excluding hydrogens is 374 g/mol. The monoisotopic (exact) mass is 383 g/mol. The number of carbonyl (C=O) groups excluding carboxylic acids is 2.